The van der Waals surface area contributed by atoms with Crippen LogP contribution in [0.15, 0.2) is 12.1 Å². The number of hydrogen-bond donors (Lipinski definition) is 0. The molecule has 1 heterocycles. The van der Waals surface area contributed by atoms with Gasteiger partial charge < -0.3 is 4.74 Å². The molecular formula is C15H20F2O. The van der Waals surface area contributed by atoms with Gasteiger partial charge >= 0.3 is 0 Å². The maximum Gasteiger partial charge on any atom is 0.129 e. The van der Waals surface area contributed by atoms with E-state index in [0.29, 0.717) is 12.3 Å². The van der Waals surface area contributed by atoms with Crippen LogP contribution in [-0.4, -0.2) is 12.7 Å². The van der Waals surface area contributed by atoms with Crippen molar-refractivity contribution in [1.29, 1.82) is 0 Å². The lowest BCUT2D eigenvalue weighted by molar-refractivity contribution is -0.0147. The first-order valence-corrected chi connectivity index (χ1v) is 6.62. The summed E-state index contributed by atoms with van der Waals surface area (Å²) in [5.74, 6) is -0.276. The molecule has 0 bridgehead atoms. The molecule has 2 unspecified atom stereocenters. The minimum atomic E-state index is -0.455. The number of halogens is 2. The SMILES string of the molecule is Cc1c(F)cc(CCC2CCC(C)CO2)cc1F. The van der Waals surface area contributed by atoms with Crippen LogP contribution in [0.2, 0.25) is 0 Å². The second-order valence-corrected chi connectivity index (χ2v) is 5.36. The molecule has 3 heteroatoms. The Hall–Kier alpha value is -0.960. The Morgan fingerprint density at radius 3 is 2.44 bits per heavy atom. The van der Waals surface area contributed by atoms with Gasteiger partial charge in [-0.15, -0.1) is 0 Å². The molecule has 1 fully saturated rings. The maximum atomic E-state index is 13.4. The first kappa shape index (κ1) is 13.5. The van der Waals surface area contributed by atoms with Gasteiger partial charge in [0, 0.05) is 12.2 Å². The second-order valence-electron chi connectivity index (χ2n) is 5.36. The summed E-state index contributed by atoms with van der Waals surface area (Å²) in [5, 5.41) is 0. The zero-order valence-corrected chi connectivity index (χ0v) is 11.0. The molecule has 0 saturated carbocycles. The standard InChI is InChI=1S/C15H20F2O/c1-10-3-5-13(18-9-10)6-4-12-7-14(16)11(2)15(17)8-12/h7-8,10,13H,3-6,9H2,1-2H3. The van der Waals surface area contributed by atoms with E-state index in [2.05, 4.69) is 6.92 Å². The molecule has 0 amide bonds. The molecule has 0 aliphatic carbocycles. The Morgan fingerprint density at radius 1 is 1.22 bits per heavy atom. The fourth-order valence-corrected chi connectivity index (χ4v) is 2.33. The van der Waals surface area contributed by atoms with Crippen LogP contribution in [0.5, 0.6) is 0 Å². The van der Waals surface area contributed by atoms with Crippen LogP contribution in [0.1, 0.15) is 37.3 Å². The number of rotatable bonds is 3. The van der Waals surface area contributed by atoms with E-state index in [-0.39, 0.29) is 11.7 Å². The number of hydrogen-bond acceptors (Lipinski definition) is 1. The van der Waals surface area contributed by atoms with E-state index in [1.807, 2.05) is 0 Å². The van der Waals surface area contributed by atoms with Crippen molar-refractivity contribution in [2.45, 2.75) is 45.6 Å². The van der Waals surface area contributed by atoms with E-state index in [4.69, 9.17) is 4.74 Å². The van der Waals surface area contributed by atoms with Gasteiger partial charge in [-0.25, -0.2) is 8.78 Å². The summed E-state index contributed by atoms with van der Waals surface area (Å²) >= 11 is 0. The van der Waals surface area contributed by atoms with Crippen molar-refractivity contribution in [1.82, 2.24) is 0 Å². The monoisotopic (exact) mass is 254 g/mol. The Kier molecular flexibility index (Phi) is 4.33. The largest absolute Gasteiger partial charge is 0.378 e. The van der Waals surface area contributed by atoms with E-state index < -0.39 is 11.6 Å². The Bertz CT molecular complexity index is 386. The third-order valence-corrected chi connectivity index (χ3v) is 3.69. The zero-order valence-electron chi connectivity index (χ0n) is 11.0. The molecule has 18 heavy (non-hydrogen) atoms. The van der Waals surface area contributed by atoms with Crippen molar-refractivity contribution in [2.24, 2.45) is 5.92 Å². The summed E-state index contributed by atoms with van der Waals surface area (Å²) in [5.41, 5.74) is 0.819. The minimum absolute atomic E-state index is 0.0986. The highest BCUT2D eigenvalue weighted by molar-refractivity contribution is 5.25. The molecule has 1 saturated heterocycles. The number of benzene rings is 1. The summed E-state index contributed by atoms with van der Waals surface area (Å²) < 4.78 is 32.5. The lowest BCUT2D eigenvalue weighted by Crippen LogP contribution is -2.24. The Balaban J connectivity index is 1.90. The average Bonchev–Trinajstić information content (AvgIpc) is 2.35. The lowest BCUT2D eigenvalue weighted by atomic mass is 9.96. The molecule has 1 aromatic carbocycles. The molecule has 1 nitrogen and oxygen atoms in total. The van der Waals surface area contributed by atoms with Crippen LogP contribution >= 0.6 is 0 Å². The predicted molar refractivity (Wildman–Crippen MR) is 67.6 cm³/mol. The predicted octanol–water partition coefficient (Wildman–Crippen LogP) is 4.02. The van der Waals surface area contributed by atoms with Crippen molar-refractivity contribution in [3.8, 4) is 0 Å². The molecule has 0 aromatic heterocycles. The second kappa shape index (κ2) is 5.79. The van der Waals surface area contributed by atoms with Crippen LogP contribution in [0.4, 0.5) is 8.78 Å². The van der Waals surface area contributed by atoms with Gasteiger partial charge in [-0.2, -0.15) is 0 Å². The summed E-state index contributed by atoms with van der Waals surface area (Å²) in [6.45, 7) is 4.45. The molecular weight excluding hydrogens is 234 g/mol. The molecule has 1 aliphatic heterocycles. The van der Waals surface area contributed by atoms with E-state index in [1.54, 1.807) is 0 Å². The van der Waals surface area contributed by atoms with E-state index in [9.17, 15) is 8.78 Å². The van der Waals surface area contributed by atoms with Gasteiger partial charge in [-0.05, 0) is 56.2 Å². The van der Waals surface area contributed by atoms with Crippen LogP contribution < -0.4 is 0 Å². The van der Waals surface area contributed by atoms with Crippen molar-refractivity contribution in [3.63, 3.8) is 0 Å². The van der Waals surface area contributed by atoms with Crippen molar-refractivity contribution in [2.75, 3.05) is 6.61 Å². The van der Waals surface area contributed by atoms with Gasteiger partial charge in [0.2, 0.25) is 0 Å². The van der Waals surface area contributed by atoms with Gasteiger partial charge in [0.05, 0.1) is 6.10 Å². The van der Waals surface area contributed by atoms with E-state index in [0.717, 1.165) is 25.0 Å². The van der Waals surface area contributed by atoms with Gasteiger partial charge in [-0.3, -0.25) is 0 Å². The van der Waals surface area contributed by atoms with Gasteiger partial charge in [0.15, 0.2) is 0 Å². The summed E-state index contributed by atoms with van der Waals surface area (Å²) in [7, 11) is 0. The fraction of sp³-hybridized carbons (Fsp3) is 0.600. The van der Waals surface area contributed by atoms with Crippen LogP contribution in [-0.2, 0) is 11.2 Å². The normalized spacial score (nSPS) is 24.2. The number of ether oxygens (including phenoxy) is 1. The molecule has 2 rings (SSSR count). The molecule has 0 radical (unpaired) electrons. The highest BCUT2D eigenvalue weighted by atomic mass is 19.1. The first-order chi connectivity index (χ1) is 8.56. The average molecular weight is 254 g/mol. The van der Waals surface area contributed by atoms with Gasteiger partial charge in [0.25, 0.3) is 0 Å². The molecule has 0 spiro atoms. The van der Waals surface area contributed by atoms with Crippen molar-refractivity contribution in [3.05, 3.63) is 34.9 Å². The van der Waals surface area contributed by atoms with Crippen LogP contribution in [0, 0.1) is 24.5 Å². The number of aryl methyl sites for hydroxylation is 1. The lowest BCUT2D eigenvalue weighted by Gasteiger charge is -2.26. The first-order valence-electron chi connectivity index (χ1n) is 6.62. The van der Waals surface area contributed by atoms with E-state index in [1.165, 1.54) is 25.5 Å². The summed E-state index contributed by atoms with van der Waals surface area (Å²) in [6, 6.07) is 2.87. The van der Waals surface area contributed by atoms with Gasteiger partial charge in [-0.1, -0.05) is 6.92 Å². The highest BCUT2D eigenvalue weighted by Crippen LogP contribution is 2.22. The fourth-order valence-electron chi connectivity index (χ4n) is 2.33. The van der Waals surface area contributed by atoms with Crippen molar-refractivity contribution < 1.29 is 13.5 Å². The Labute approximate surface area is 107 Å². The zero-order chi connectivity index (χ0) is 13.1. The summed E-state index contributed by atoms with van der Waals surface area (Å²) in [6.07, 6.45) is 4.00. The summed E-state index contributed by atoms with van der Waals surface area (Å²) in [4.78, 5) is 0. The van der Waals surface area contributed by atoms with E-state index >= 15 is 0 Å². The highest BCUT2D eigenvalue weighted by Gasteiger charge is 2.18. The molecule has 100 valence electrons. The molecule has 1 aliphatic rings. The molecule has 2 atom stereocenters. The van der Waals surface area contributed by atoms with Crippen molar-refractivity contribution >= 4 is 0 Å². The minimum Gasteiger partial charge on any atom is -0.378 e. The van der Waals surface area contributed by atoms with Gasteiger partial charge in [0.1, 0.15) is 11.6 Å². The topological polar surface area (TPSA) is 9.23 Å². The van der Waals surface area contributed by atoms with Crippen LogP contribution in [0.25, 0.3) is 0 Å². The molecule has 0 N–H and O–H groups in total. The molecule has 1 aromatic rings. The smallest absolute Gasteiger partial charge is 0.129 e. The third-order valence-electron chi connectivity index (χ3n) is 3.69. The Morgan fingerprint density at radius 2 is 1.89 bits per heavy atom. The third kappa shape index (κ3) is 3.29. The maximum absolute atomic E-state index is 13.4. The van der Waals surface area contributed by atoms with Crippen LogP contribution in [0.3, 0.4) is 0 Å². The quantitative estimate of drug-likeness (QED) is 0.791.